The molecule has 21 heavy (non-hydrogen) atoms. The summed E-state index contributed by atoms with van der Waals surface area (Å²) in [4.78, 5) is 8.71. The Kier molecular flexibility index (Phi) is 4.69. The van der Waals surface area contributed by atoms with Gasteiger partial charge in [0.2, 0.25) is 0 Å². The molecular weight excluding hydrogens is 256 g/mol. The van der Waals surface area contributed by atoms with Gasteiger partial charge < -0.3 is 0 Å². The molecule has 0 atom stereocenters. The molecule has 0 amide bonds. The molecule has 2 heteroatoms. The molecule has 108 valence electrons. The molecule has 0 unspecified atom stereocenters. The van der Waals surface area contributed by atoms with E-state index in [0.29, 0.717) is 0 Å². The van der Waals surface area contributed by atoms with Gasteiger partial charge >= 0.3 is 0 Å². The summed E-state index contributed by atoms with van der Waals surface area (Å²) in [5, 5.41) is 0. The third-order valence-corrected chi connectivity index (χ3v) is 3.73. The summed E-state index contributed by atoms with van der Waals surface area (Å²) >= 11 is 0. The van der Waals surface area contributed by atoms with E-state index in [0.717, 1.165) is 11.5 Å². The number of rotatable bonds is 2. The van der Waals surface area contributed by atoms with Crippen molar-refractivity contribution in [1.29, 1.82) is 0 Å². The molecule has 2 rings (SSSR count). The van der Waals surface area contributed by atoms with E-state index in [2.05, 4.69) is 66.3 Å². The third-order valence-electron chi connectivity index (χ3n) is 3.73. The lowest BCUT2D eigenvalue weighted by Crippen LogP contribution is -2.03. The maximum Gasteiger partial charge on any atom is 0.120 e. The smallest absolute Gasteiger partial charge is 0.120 e. The highest BCUT2D eigenvalue weighted by Crippen LogP contribution is 2.30. The molecule has 0 aliphatic carbocycles. The van der Waals surface area contributed by atoms with Crippen LogP contribution in [0.2, 0.25) is 0 Å². The second-order valence-corrected chi connectivity index (χ2v) is 5.28. The zero-order valence-corrected chi connectivity index (χ0v) is 13.4. The van der Waals surface area contributed by atoms with Crippen LogP contribution in [0.25, 0.3) is 11.1 Å². The summed E-state index contributed by atoms with van der Waals surface area (Å²) in [5.41, 5.74) is 7.25. The van der Waals surface area contributed by atoms with Gasteiger partial charge in [0.05, 0.1) is 0 Å². The Balaban J connectivity index is 2.68. The molecule has 2 nitrogen and oxygen atoms in total. The molecule has 0 N–H and O–H groups in total. The van der Waals surface area contributed by atoms with Crippen LogP contribution in [0.15, 0.2) is 52.4 Å². The Morgan fingerprint density at radius 1 is 0.857 bits per heavy atom. The first-order valence-electron chi connectivity index (χ1n) is 7.19. The topological polar surface area (TPSA) is 24.7 Å². The van der Waals surface area contributed by atoms with Crippen molar-refractivity contribution in [2.45, 2.75) is 27.7 Å². The number of aryl methyl sites for hydroxylation is 2. The summed E-state index contributed by atoms with van der Waals surface area (Å²) in [6.45, 7) is 8.27. The van der Waals surface area contributed by atoms with E-state index in [4.69, 9.17) is 0 Å². The fraction of sp³-hybridized carbons (Fsp3) is 0.263. The summed E-state index contributed by atoms with van der Waals surface area (Å²) in [7, 11) is 1.77. The summed E-state index contributed by atoms with van der Waals surface area (Å²) in [6, 6.07) is 14.9. The second-order valence-electron chi connectivity index (χ2n) is 5.28. The molecule has 0 aliphatic rings. The number of aliphatic imine (C=N–C) groups is 2. The number of hydrogen-bond donors (Lipinski definition) is 0. The maximum atomic E-state index is 4.59. The number of nitrogens with zero attached hydrogens (tertiary/aromatic N) is 2. The lowest BCUT2D eigenvalue weighted by molar-refractivity contribution is 1.36. The summed E-state index contributed by atoms with van der Waals surface area (Å²) < 4.78 is 0. The van der Waals surface area contributed by atoms with Gasteiger partial charge in [-0.25, -0.2) is 4.99 Å². The Bertz CT molecular complexity index is 709. The highest BCUT2D eigenvalue weighted by Gasteiger charge is 2.12. The number of benzene rings is 2. The molecule has 2 aromatic carbocycles. The Labute approximate surface area is 127 Å². The van der Waals surface area contributed by atoms with Crippen molar-refractivity contribution in [3.05, 3.63) is 59.2 Å². The van der Waals surface area contributed by atoms with Gasteiger partial charge in [-0.3, -0.25) is 4.99 Å². The molecule has 0 aliphatic heterocycles. The Morgan fingerprint density at radius 3 is 2.19 bits per heavy atom. The third kappa shape index (κ3) is 3.27. The molecule has 0 saturated heterocycles. The molecule has 0 saturated carbocycles. The van der Waals surface area contributed by atoms with E-state index >= 15 is 0 Å². The normalized spacial score (nSPS) is 12.6. The van der Waals surface area contributed by atoms with Crippen LogP contribution in [0.1, 0.15) is 30.5 Å². The highest BCUT2D eigenvalue weighted by atomic mass is 14.9. The first-order valence-corrected chi connectivity index (χ1v) is 7.19. The average molecular weight is 278 g/mol. The monoisotopic (exact) mass is 278 g/mol. The van der Waals surface area contributed by atoms with Gasteiger partial charge in [0.15, 0.2) is 0 Å². The average Bonchev–Trinajstić information content (AvgIpc) is 2.47. The maximum absolute atomic E-state index is 4.59. The van der Waals surface area contributed by atoms with Gasteiger partial charge in [-0.15, -0.1) is 0 Å². The van der Waals surface area contributed by atoms with E-state index in [-0.39, 0.29) is 0 Å². The van der Waals surface area contributed by atoms with E-state index in [1.165, 1.54) is 27.8 Å². The minimum absolute atomic E-state index is 0.796. The van der Waals surface area contributed by atoms with Crippen LogP contribution in [-0.4, -0.2) is 18.6 Å². The van der Waals surface area contributed by atoms with Crippen molar-refractivity contribution in [3.8, 4) is 11.1 Å². The van der Waals surface area contributed by atoms with Crippen molar-refractivity contribution >= 4 is 11.5 Å². The fourth-order valence-electron chi connectivity index (χ4n) is 2.53. The van der Waals surface area contributed by atoms with E-state index in [9.17, 15) is 0 Å². The molecule has 0 aromatic heterocycles. The van der Waals surface area contributed by atoms with Gasteiger partial charge in [0.25, 0.3) is 0 Å². The zero-order chi connectivity index (χ0) is 15.4. The van der Waals surface area contributed by atoms with Gasteiger partial charge in [-0.1, -0.05) is 42.5 Å². The molecule has 0 radical (unpaired) electrons. The van der Waals surface area contributed by atoms with Crippen molar-refractivity contribution in [1.82, 2.24) is 0 Å². The van der Waals surface area contributed by atoms with Crippen LogP contribution in [0.5, 0.6) is 0 Å². The first kappa shape index (κ1) is 15.2. The molecule has 0 fully saturated rings. The lowest BCUT2D eigenvalue weighted by atomic mass is 9.90. The Hall–Kier alpha value is -2.22. The van der Waals surface area contributed by atoms with Crippen LogP contribution in [-0.2, 0) is 0 Å². The molecular formula is C19H22N2. The van der Waals surface area contributed by atoms with Crippen LogP contribution >= 0.6 is 0 Å². The molecule has 0 heterocycles. The second kappa shape index (κ2) is 6.49. The predicted octanol–water partition coefficient (Wildman–Crippen LogP) is 4.83. The number of hydrogen-bond acceptors (Lipinski definition) is 1. The van der Waals surface area contributed by atoms with Crippen LogP contribution < -0.4 is 0 Å². The summed E-state index contributed by atoms with van der Waals surface area (Å²) in [5.74, 6) is 0.796. The first-order chi connectivity index (χ1) is 10.0. The van der Waals surface area contributed by atoms with Crippen molar-refractivity contribution in [2.75, 3.05) is 7.05 Å². The molecule has 0 spiro atoms. The van der Waals surface area contributed by atoms with E-state index < -0.39 is 0 Å². The highest BCUT2D eigenvalue weighted by molar-refractivity contribution is 6.10. The SMILES string of the molecule is CN=C(C)N=C(C)c1cccc(C)c1-c1ccccc1C. The quantitative estimate of drug-likeness (QED) is 0.555. The van der Waals surface area contributed by atoms with Gasteiger partial charge in [0.1, 0.15) is 5.84 Å². The van der Waals surface area contributed by atoms with Gasteiger partial charge in [-0.05, 0) is 49.9 Å². The number of amidine groups is 1. The van der Waals surface area contributed by atoms with E-state index in [1.54, 1.807) is 7.05 Å². The van der Waals surface area contributed by atoms with Crippen molar-refractivity contribution in [2.24, 2.45) is 9.98 Å². The van der Waals surface area contributed by atoms with Crippen LogP contribution in [0.4, 0.5) is 0 Å². The largest absolute Gasteiger partial charge is 0.274 e. The standard InChI is InChI=1S/C19H22N2/c1-13-9-6-7-11-17(13)19-14(2)10-8-12-18(19)15(3)21-16(4)20-5/h6-12H,1-5H3. The van der Waals surface area contributed by atoms with Gasteiger partial charge in [-0.2, -0.15) is 0 Å². The van der Waals surface area contributed by atoms with Crippen molar-refractivity contribution < 1.29 is 0 Å². The molecule has 0 bridgehead atoms. The van der Waals surface area contributed by atoms with Crippen molar-refractivity contribution in [3.63, 3.8) is 0 Å². The molecule has 2 aromatic rings. The minimum Gasteiger partial charge on any atom is -0.274 e. The van der Waals surface area contributed by atoms with Gasteiger partial charge in [0, 0.05) is 18.3 Å². The summed E-state index contributed by atoms with van der Waals surface area (Å²) in [6.07, 6.45) is 0. The van der Waals surface area contributed by atoms with Crippen LogP contribution in [0.3, 0.4) is 0 Å². The predicted molar refractivity (Wildman–Crippen MR) is 92.6 cm³/mol. The zero-order valence-electron chi connectivity index (χ0n) is 13.4. The Morgan fingerprint density at radius 2 is 1.52 bits per heavy atom. The van der Waals surface area contributed by atoms with E-state index in [1.807, 2.05) is 13.8 Å². The van der Waals surface area contributed by atoms with Crippen LogP contribution in [0, 0.1) is 13.8 Å². The fourth-order valence-corrected chi connectivity index (χ4v) is 2.53. The minimum atomic E-state index is 0.796. The lowest BCUT2D eigenvalue weighted by Gasteiger charge is -2.15.